The number of nitrogens with zero attached hydrogens (tertiary/aromatic N) is 5. The van der Waals surface area contributed by atoms with E-state index in [-0.39, 0.29) is 24.5 Å². The number of imidazole rings is 1. The third kappa shape index (κ3) is 2.66. The molecule has 3 heterocycles. The Labute approximate surface area is 147 Å². The van der Waals surface area contributed by atoms with Crippen molar-refractivity contribution < 1.29 is 13.9 Å². The van der Waals surface area contributed by atoms with Gasteiger partial charge in [0.2, 0.25) is 5.88 Å². The minimum Gasteiger partial charge on any atom is -0.480 e. The van der Waals surface area contributed by atoms with Crippen molar-refractivity contribution in [2.45, 2.75) is 12.3 Å². The van der Waals surface area contributed by atoms with E-state index < -0.39 is 0 Å². The summed E-state index contributed by atoms with van der Waals surface area (Å²) in [5.74, 6) is 0.458. The number of hydrogen-bond donors (Lipinski definition) is 0. The lowest BCUT2D eigenvalue weighted by Crippen LogP contribution is -2.03. The third-order valence-corrected chi connectivity index (χ3v) is 4.62. The summed E-state index contributed by atoms with van der Waals surface area (Å²) in [6.07, 6.45) is 3.90. The molecular weight excluding hydrogens is 349 g/mol. The van der Waals surface area contributed by atoms with Crippen molar-refractivity contribution in [2.24, 2.45) is 5.92 Å². The maximum Gasteiger partial charge on any atom is 0.319 e. The Balaban J connectivity index is 1.89. The SMILES string of the molecule is COc1ncc(-c2cc([C@H]3C[C@@H]3CF)c3ncc(Cl)n3n2)c(OC)n1. The van der Waals surface area contributed by atoms with Gasteiger partial charge in [-0.25, -0.2) is 14.5 Å². The lowest BCUT2D eigenvalue weighted by atomic mass is 10.1. The van der Waals surface area contributed by atoms with Crippen LogP contribution in [0.1, 0.15) is 17.9 Å². The van der Waals surface area contributed by atoms with E-state index in [4.69, 9.17) is 21.1 Å². The van der Waals surface area contributed by atoms with Crippen LogP contribution in [0.4, 0.5) is 4.39 Å². The average molecular weight is 364 g/mol. The summed E-state index contributed by atoms with van der Waals surface area (Å²) in [4.78, 5) is 12.6. The van der Waals surface area contributed by atoms with Crippen LogP contribution in [0, 0.1) is 5.92 Å². The minimum atomic E-state index is -0.349. The van der Waals surface area contributed by atoms with Gasteiger partial charge >= 0.3 is 6.01 Å². The van der Waals surface area contributed by atoms with Gasteiger partial charge in [0.1, 0.15) is 0 Å². The highest BCUT2D eigenvalue weighted by molar-refractivity contribution is 6.29. The largest absolute Gasteiger partial charge is 0.480 e. The van der Waals surface area contributed by atoms with Crippen LogP contribution >= 0.6 is 11.6 Å². The van der Waals surface area contributed by atoms with E-state index in [0.29, 0.717) is 27.9 Å². The standard InChI is InChI=1S/C16H15ClFN5O2/c1-24-15-11(6-20-16(21-15)25-2)12-4-10(9-3-8(9)5-18)14-19-7-13(17)23(14)22-12/h4,6-9H,3,5H2,1-2H3/t8-,9+/m1/s1. The Kier molecular flexibility index (Phi) is 3.91. The fourth-order valence-corrected chi connectivity index (χ4v) is 3.12. The van der Waals surface area contributed by atoms with E-state index in [2.05, 4.69) is 20.1 Å². The highest BCUT2D eigenvalue weighted by Gasteiger charge is 2.40. The van der Waals surface area contributed by atoms with Gasteiger partial charge in [-0.1, -0.05) is 11.6 Å². The van der Waals surface area contributed by atoms with E-state index in [0.717, 1.165) is 12.0 Å². The number of methoxy groups -OCH3 is 2. The molecule has 1 fully saturated rings. The van der Waals surface area contributed by atoms with E-state index in [9.17, 15) is 4.39 Å². The van der Waals surface area contributed by atoms with Crippen LogP contribution in [-0.4, -0.2) is 45.5 Å². The van der Waals surface area contributed by atoms with Gasteiger partial charge in [-0.2, -0.15) is 10.1 Å². The van der Waals surface area contributed by atoms with Gasteiger partial charge < -0.3 is 9.47 Å². The molecule has 1 saturated carbocycles. The quantitative estimate of drug-likeness (QED) is 0.694. The number of hydrogen-bond acceptors (Lipinski definition) is 6. The lowest BCUT2D eigenvalue weighted by Gasteiger charge is -2.10. The fourth-order valence-electron chi connectivity index (χ4n) is 2.95. The summed E-state index contributed by atoms with van der Waals surface area (Å²) in [7, 11) is 2.99. The van der Waals surface area contributed by atoms with Crippen LogP contribution in [-0.2, 0) is 0 Å². The second-order valence-electron chi connectivity index (χ2n) is 5.84. The molecular formula is C16H15ClFN5O2. The molecule has 130 valence electrons. The molecule has 0 spiro atoms. The highest BCUT2D eigenvalue weighted by Crippen LogP contribution is 2.49. The summed E-state index contributed by atoms with van der Waals surface area (Å²) < 4.78 is 24.9. The number of fused-ring (bicyclic) bond motifs is 1. The molecule has 7 nitrogen and oxygen atoms in total. The summed E-state index contributed by atoms with van der Waals surface area (Å²) >= 11 is 6.20. The predicted molar refractivity (Wildman–Crippen MR) is 89.0 cm³/mol. The zero-order chi connectivity index (χ0) is 17.6. The molecule has 0 radical (unpaired) electrons. The number of halogens is 2. The first kappa shape index (κ1) is 16.0. The van der Waals surface area contributed by atoms with Gasteiger partial charge in [-0.3, -0.25) is 4.39 Å². The second-order valence-corrected chi connectivity index (χ2v) is 6.22. The van der Waals surface area contributed by atoms with Crippen molar-refractivity contribution in [1.29, 1.82) is 0 Å². The Bertz CT molecular complexity index is 948. The molecule has 0 N–H and O–H groups in total. The minimum absolute atomic E-state index is 0.0172. The van der Waals surface area contributed by atoms with E-state index in [1.807, 2.05) is 6.07 Å². The van der Waals surface area contributed by atoms with E-state index >= 15 is 0 Å². The molecule has 0 amide bonds. The molecule has 3 aromatic rings. The first-order chi connectivity index (χ1) is 12.2. The van der Waals surface area contributed by atoms with Crippen LogP contribution < -0.4 is 9.47 Å². The summed E-state index contributed by atoms with van der Waals surface area (Å²) in [5.41, 5.74) is 2.72. The van der Waals surface area contributed by atoms with Crippen LogP contribution in [0.3, 0.4) is 0 Å². The van der Waals surface area contributed by atoms with Crippen LogP contribution in [0.5, 0.6) is 11.9 Å². The first-order valence-electron chi connectivity index (χ1n) is 7.71. The molecule has 0 saturated heterocycles. The van der Waals surface area contributed by atoms with Crippen molar-refractivity contribution in [3.63, 3.8) is 0 Å². The van der Waals surface area contributed by atoms with Crippen LogP contribution in [0.15, 0.2) is 18.5 Å². The Morgan fingerprint density at radius 3 is 2.80 bits per heavy atom. The van der Waals surface area contributed by atoms with Crippen molar-refractivity contribution in [3.8, 4) is 23.1 Å². The lowest BCUT2D eigenvalue weighted by molar-refractivity contribution is 0.353. The number of rotatable bonds is 5. The maximum absolute atomic E-state index is 13.0. The van der Waals surface area contributed by atoms with E-state index in [1.54, 1.807) is 10.7 Å². The molecule has 0 aliphatic heterocycles. The van der Waals surface area contributed by atoms with E-state index in [1.165, 1.54) is 20.4 Å². The Morgan fingerprint density at radius 1 is 1.28 bits per heavy atom. The van der Waals surface area contributed by atoms with Crippen LogP contribution in [0.25, 0.3) is 16.9 Å². The van der Waals surface area contributed by atoms with Gasteiger partial charge in [-0.05, 0) is 24.3 Å². The molecule has 2 atom stereocenters. The average Bonchev–Trinajstić information content (AvgIpc) is 3.36. The molecule has 4 rings (SSSR count). The Hall–Kier alpha value is -2.48. The molecule has 0 bridgehead atoms. The number of aromatic nitrogens is 5. The summed E-state index contributed by atoms with van der Waals surface area (Å²) in [6, 6.07) is 2.08. The molecule has 9 heteroatoms. The van der Waals surface area contributed by atoms with Gasteiger partial charge in [-0.15, -0.1) is 0 Å². The van der Waals surface area contributed by atoms with Crippen molar-refractivity contribution in [3.05, 3.63) is 29.2 Å². The molecule has 1 aliphatic carbocycles. The molecule has 3 aromatic heterocycles. The topological polar surface area (TPSA) is 74.4 Å². The fraction of sp³-hybridized carbons (Fsp3) is 0.375. The van der Waals surface area contributed by atoms with Gasteiger partial charge in [0, 0.05) is 11.8 Å². The van der Waals surface area contributed by atoms with Crippen molar-refractivity contribution in [1.82, 2.24) is 24.6 Å². The molecule has 1 aliphatic rings. The number of alkyl halides is 1. The Morgan fingerprint density at radius 2 is 2.12 bits per heavy atom. The molecule has 0 unspecified atom stereocenters. The summed E-state index contributed by atoms with van der Waals surface area (Å²) in [5, 5.41) is 4.90. The molecule has 0 aromatic carbocycles. The summed E-state index contributed by atoms with van der Waals surface area (Å²) in [6.45, 7) is -0.349. The zero-order valence-corrected chi connectivity index (χ0v) is 14.4. The monoisotopic (exact) mass is 363 g/mol. The third-order valence-electron chi connectivity index (χ3n) is 4.36. The normalized spacial score (nSPS) is 19.2. The van der Waals surface area contributed by atoms with Crippen molar-refractivity contribution >= 4 is 17.2 Å². The van der Waals surface area contributed by atoms with Crippen LogP contribution in [0.2, 0.25) is 5.15 Å². The first-order valence-corrected chi connectivity index (χ1v) is 8.09. The highest BCUT2D eigenvalue weighted by atomic mass is 35.5. The zero-order valence-electron chi connectivity index (χ0n) is 13.6. The van der Waals surface area contributed by atoms with Crippen molar-refractivity contribution in [2.75, 3.05) is 20.9 Å². The maximum atomic E-state index is 13.0. The number of ether oxygens (including phenoxy) is 2. The molecule has 25 heavy (non-hydrogen) atoms. The van der Waals surface area contributed by atoms with Gasteiger partial charge in [0.15, 0.2) is 10.8 Å². The smallest absolute Gasteiger partial charge is 0.319 e. The van der Waals surface area contributed by atoms with Gasteiger partial charge in [0.25, 0.3) is 0 Å². The second kappa shape index (κ2) is 6.11. The van der Waals surface area contributed by atoms with Gasteiger partial charge in [0.05, 0.1) is 38.3 Å². The predicted octanol–water partition coefficient (Wildman–Crippen LogP) is 2.93.